The van der Waals surface area contributed by atoms with Gasteiger partial charge in [0.25, 0.3) is 0 Å². The predicted octanol–water partition coefficient (Wildman–Crippen LogP) is 3.05. The molecule has 5 heteroatoms. The number of fused-ring (bicyclic) bond motifs is 1. The number of aromatic nitrogens is 3. The van der Waals surface area contributed by atoms with Gasteiger partial charge in [-0.3, -0.25) is 0 Å². The molecular formula is C13H19BrN4. The molecule has 2 N–H and O–H groups in total. The zero-order valence-corrected chi connectivity index (χ0v) is 12.8. The van der Waals surface area contributed by atoms with E-state index in [1.807, 2.05) is 19.9 Å². The molecule has 0 bridgehead atoms. The van der Waals surface area contributed by atoms with E-state index in [2.05, 4.69) is 44.3 Å². The summed E-state index contributed by atoms with van der Waals surface area (Å²) in [4.78, 5) is 9.14. The lowest BCUT2D eigenvalue weighted by atomic mass is 10.1. The summed E-state index contributed by atoms with van der Waals surface area (Å²) in [7, 11) is 0. The highest BCUT2D eigenvalue weighted by Crippen LogP contribution is 2.24. The lowest BCUT2D eigenvalue weighted by molar-refractivity contribution is 0.426. The predicted molar refractivity (Wildman–Crippen MR) is 77.6 cm³/mol. The molecular weight excluding hydrogens is 292 g/mol. The number of imidazole rings is 1. The third kappa shape index (κ3) is 2.72. The minimum absolute atomic E-state index is 0.286. The van der Waals surface area contributed by atoms with Crippen LogP contribution in [0.3, 0.4) is 0 Å². The first-order valence-corrected chi connectivity index (χ1v) is 6.88. The topological polar surface area (TPSA) is 56.7 Å². The smallest absolute Gasteiger partial charge is 0.160 e. The third-order valence-corrected chi connectivity index (χ3v) is 3.10. The van der Waals surface area contributed by atoms with Gasteiger partial charge in [-0.15, -0.1) is 0 Å². The minimum Gasteiger partial charge on any atom is -0.324 e. The van der Waals surface area contributed by atoms with Crippen molar-refractivity contribution < 1.29 is 0 Å². The Balaban J connectivity index is 2.63. The van der Waals surface area contributed by atoms with Gasteiger partial charge >= 0.3 is 0 Å². The first kappa shape index (κ1) is 13.5. The molecule has 2 rings (SSSR count). The molecule has 0 atom stereocenters. The molecule has 0 fully saturated rings. The van der Waals surface area contributed by atoms with Crippen LogP contribution in [0.5, 0.6) is 0 Å². The van der Waals surface area contributed by atoms with E-state index >= 15 is 0 Å². The molecule has 2 aromatic heterocycles. The fourth-order valence-corrected chi connectivity index (χ4v) is 2.33. The van der Waals surface area contributed by atoms with Gasteiger partial charge in [0.2, 0.25) is 0 Å². The average Bonchev–Trinajstić information content (AvgIpc) is 2.54. The van der Waals surface area contributed by atoms with E-state index in [-0.39, 0.29) is 5.54 Å². The first-order valence-electron chi connectivity index (χ1n) is 6.08. The lowest BCUT2D eigenvalue weighted by Gasteiger charge is -2.21. The molecule has 2 aromatic rings. The van der Waals surface area contributed by atoms with Gasteiger partial charge in [0.05, 0.1) is 0 Å². The average molecular weight is 311 g/mol. The van der Waals surface area contributed by atoms with Crippen molar-refractivity contribution in [3.05, 3.63) is 22.6 Å². The number of nitrogens with two attached hydrogens (primary N) is 1. The van der Waals surface area contributed by atoms with E-state index in [0.717, 1.165) is 21.5 Å². The molecule has 18 heavy (non-hydrogen) atoms. The third-order valence-electron chi connectivity index (χ3n) is 2.66. The Morgan fingerprint density at radius 3 is 2.67 bits per heavy atom. The molecule has 4 nitrogen and oxygen atoms in total. The van der Waals surface area contributed by atoms with E-state index in [0.29, 0.717) is 12.5 Å². The molecule has 0 aliphatic heterocycles. The van der Waals surface area contributed by atoms with E-state index < -0.39 is 0 Å². The van der Waals surface area contributed by atoms with Gasteiger partial charge in [0, 0.05) is 28.7 Å². The van der Waals surface area contributed by atoms with Gasteiger partial charge < -0.3 is 10.3 Å². The zero-order chi connectivity index (χ0) is 13.5. The summed E-state index contributed by atoms with van der Waals surface area (Å²) < 4.78 is 3.08. The Bertz CT molecular complexity index is 566. The standard InChI is InChI=1S/C13H19BrN4/c1-8(2)11-17-10-5-9(14)6-16-12(10)18(11)7-13(3,4)15/h5-6,8H,7,15H2,1-4H3. The van der Waals surface area contributed by atoms with Crippen molar-refractivity contribution in [2.45, 2.75) is 45.7 Å². The zero-order valence-electron chi connectivity index (χ0n) is 11.2. The normalized spacial score (nSPS) is 12.6. The molecule has 0 amide bonds. The fourth-order valence-electron chi connectivity index (χ4n) is 2.01. The largest absolute Gasteiger partial charge is 0.324 e. The van der Waals surface area contributed by atoms with Crippen LogP contribution in [0.15, 0.2) is 16.7 Å². The Kier molecular flexibility index (Phi) is 3.47. The number of pyridine rings is 1. The monoisotopic (exact) mass is 310 g/mol. The quantitative estimate of drug-likeness (QED) is 0.948. The summed E-state index contributed by atoms with van der Waals surface area (Å²) in [5, 5.41) is 0. The summed E-state index contributed by atoms with van der Waals surface area (Å²) in [6.07, 6.45) is 1.80. The van der Waals surface area contributed by atoms with Crippen molar-refractivity contribution in [3.8, 4) is 0 Å². The van der Waals surface area contributed by atoms with Crippen LogP contribution < -0.4 is 5.73 Å². The second-order valence-corrected chi connectivity index (χ2v) is 6.61. The highest BCUT2D eigenvalue weighted by Gasteiger charge is 2.20. The van der Waals surface area contributed by atoms with E-state index in [9.17, 15) is 0 Å². The maximum atomic E-state index is 6.13. The van der Waals surface area contributed by atoms with Crippen LogP contribution in [0.25, 0.3) is 11.2 Å². The van der Waals surface area contributed by atoms with E-state index in [4.69, 9.17) is 5.73 Å². The molecule has 0 aliphatic carbocycles. The van der Waals surface area contributed by atoms with Gasteiger partial charge in [0.1, 0.15) is 11.3 Å². The minimum atomic E-state index is -0.286. The summed E-state index contributed by atoms with van der Waals surface area (Å²) in [6, 6.07) is 1.99. The first-order chi connectivity index (χ1) is 8.28. The number of halogens is 1. The van der Waals surface area contributed by atoms with Gasteiger partial charge in [-0.2, -0.15) is 0 Å². The van der Waals surface area contributed by atoms with Crippen LogP contribution in [0, 0.1) is 0 Å². The van der Waals surface area contributed by atoms with Crippen molar-refractivity contribution >= 4 is 27.1 Å². The van der Waals surface area contributed by atoms with Gasteiger partial charge in [-0.1, -0.05) is 13.8 Å². The number of hydrogen-bond acceptors (Lipinski definition) is 3. The molecule has 2 heterocycles. The van der Waals surface area contributed by atoms with Crippen molar-refractivity contribution in [1.29, 1.82) is 0 Å². The van der Waals surface area contributed by atoms with Crippen LogP contribution >= 0.6 is 15.9 Å². The second-order valence-electron chi connectivity index (χ2n) is 5.70. The summed E-state index contributed by atoms with van der Waals surface area (Å²) in [6.45, 7) is 9.02. The van der Waals surface area contributed by atoms with Crippen LogP contribution in [0.2, 0.25) is 0 Å². The lowest BCUT2D eigenvalue weighted by Crippen LogP contribution is -2.37. The highest BCUT2D eigenvalue weighted by molar-refractivity contribution is 9.10. The summed E-state index contributed by atoms with van der Waals surface area (Å²) >= 11 is 3.43. The van der Waals surface area contributed by atoms with Crippen molar-refractivity contribution in [3.63, 3.8) is 0 Å². The molecule has 0 radical (unpaired) electrons. The summed E-state index contributed by atoms with van der Waals surface area (Å²) in [5.74, 6) is 1.38. The maximum absolute atomic E-state index is 6.13. The number of hydrogen-bond donors (Lipinski definition) is 1. The van der Waals surface area contributed by atoms with Gasteiger partial charge in [-0.05, 0) is 35.8 Å². The molecule has 0 unspecified atom stereocenters. The maximum Gasteiger partial charge on any atom is 0.160 e. The number of nitrogens with zero attached hydrogens (tertiary/aromatic N) is 3. The SMILES string of the molecule is CC(C)c1nc2cc(Br)cnc2n1CC(C)(C)N. The van der Waals surface area contributed by atoms with E-state index in [1.165, 1.54) is 0 Å². The summed E-state index contributed by atoms with van der Waals surface area (Å²) in [5.41, 5.74) is 7.66. The fraction of sp³-hybridized carbons (Fsp3) is 0.538. The van der Waals surface area contributed by atoms with Gasteiger partial charge in [-0.25, -0.2) is 9.97 Å². The Hall–Kier alpha value is -0.940. The highest BCUT2D eigenvalue weighted by atomic mass is 79.9. The molecule has 0 saturated carbocycles. The van der Waals surface area contributed by atoms with Crippen LogP contribution in [0.4, 0.5) is 0 Å². The molecule has 0 aromatic carbocycles. The van der Waals surface area contributed by atoms with Crippen molar-refractivity contribution in [1.82, 2.24) is 14.5 Å². The second kappa shape index (κ2) is 4.63. The van der Waals surface area contributed by atoms with Crippen LogP contribution in [-0.2, 0) is 6.54 Å². The Morgan fingerprint density at radius 1 is 1.44 bits per heavy atom. The van der Waals surface area contributed by atoms with E-state index in [1.54, 1.807) is 6.20 Å². The molecule has 98 valence electrons. The van der Waals surface area contributed by atoms with Crippen molar-refractivity contribution in [2.24, 2.45) is 5.73 Å². The van der Waals surface area contributed by atoms with Crippen LogP contribution in [0.1, 0.15) is 39.4 Å². The van der Waals surface area contributed by atoms with Crippen LogP contribution in [-0.4, -0.2) is 20.1 Å². The Labute approximate surface area is 116 Å². The Morgan fingerprint density at radius 2 is 2.11 bits per heavy atom. The molecule has 0 saturated heterocycles. The number of rotatable bonds is 3. The molecule has 0 aliphatic rings. The van der Waals surface area contributed by atoms with Gasteiger partial charge in [0.15, 0.2) is 5.65 Å². The molecule has 0 spiro atoms. The van der Waals surface area contributed by atoms with Crippen molar-refractivity contribution in [2.75, 3.05) is 0 Å².